The minimum atomic E-state index is -4.54. The number of amidine groups is 1. The topological polar surface area (TPSA) is 96.0 Å². The zero-order valence-corrected chi connectivity index (χ0v) is 18.4. The van der Waals surface area contributed by atoms with Crippen LogP contribution in [0.25, 0.3) is 17.0 Å². The molecule has 1 N–H and O–H groups in total. The maximum atomic E-state index is 13.3. The van der Waals surface area contributed by atoms with Crippen LogP contribution in [0.15, 0.2) is 78.7 Å². The van der Waals surface area contributed by atoms with Crippen LogP contribution in [0.4, 0.5) is 13.2 Å². The molecule has 0 fully saturated rings. The van der Waals surface area contributed by atoms with Crippen LogP contribution in [-0.2, 0) is 6.18 Å². The Morgan fingerprint density at radius 3 is 2.59 bits per heavy atom. The number of nitrogens with one attached hydrogen (secondary N) is 1. The van der Waals surface area contributed by atoms with Crippen LogP contribution >= 0.6 is 0 Å². The number of aldehydes is 1. The second kappa shape index (κ2) is 11.9. The van der Waals surface area contributed by atoms with Gasteiger partial charge in [0.05, 0.1) is 23.0 Å². The molecule has 2 heterocycles. The van der Waals surface area contributed by atoms with Gasteiger partial charge < -0.3 is 5.32 Å². The molecule has 1 aromatic carbocycles. The van der Waals surface area contributed by atoms with Crippen LogP contribution in [0, 0.1) is 11.3 Å². The molecule has 0 aliphatic carbocycles. The second-order valence-electron chi connectivity index (χ2n) is 6.66. The van der Waals surface area contributed by atoms with Crippen LogP contribution in [-0.4, -0.2) is 33.9 Å². The van der Waals surface area contributed by atoms with Gasteiger partial charge in [0, 0.05) is 36.8 Å². The van der Waals surface area contributed by atoms with Gasteiger partial charge in [-0.05, 0) is 43.3 Å². The summed E-state index contributed by atoms with van der Waals surface area (Å²) in [6.45, 7) is 5.06. The van der Waals surface area contributed by atoms with Crippen LogP contribution in [0.3, 0.4) is 0 Å². The molecule has 0 unspecified atom stereocenters. The molecule has 10 heteroatoms. The second-order valence-corrected chi connectivity index (χ2v) is 6.66. The fourth-order valence-corrected chi connectivity index (χ4v) is 2.64. The number of hydrogen-bond acceptors (Lipinski definition) is 5. The third-order valence-electron chi connectivity index (χ3n) is 4.31. The molecule has 34 heavy (non-hydrogen) atoms. The lowest BCUT2D eigenvalue weighted by molar-refractivity contribution is -0.142. The number of allylic oxidation sites excluding steroid dienone is 1. The van der Waals surface area contributed by atoms with Crippen molar-refractivity contribution in [1.82, 2.24) is 20.1 Å². The van der Waals surface area contributed by atoms with Gasteiger partial charge >= 0.3 is 6.18 Å². The van der Waals surface area contributed by atoms with Gasteiger partial charge in [-0.2, -0.15) is 23.5 Å². The smallest absolute Gasteiger partial charge is 0.345 e. The summed E-state index contributed by atoms with van der Waals surface area (Å²) in [5, 5.41) is 15.2. The first-order valence-corrected chi connectivity index (χ1v) is 9.79. The Kier molecular flexibility index (Phi) is 9.02. The van der Waals surface area contributed by atoms with Crippen molar-refractivity contribution in [1.29, 1.82) is 5.26 Å². The van der Waals surface area contributed by atoms with Gasteiger partial charge in [0.25, 0.3) is 0 Å². The Bertz CT molecular complexity index is 1240. The van der Waals surface area contributed by atoms with E-state index in [0.717, 1.165) is 17.0 Å². The molecule has 7 nitrogen and oxygen atoms in total. The molecule has 0 spiro atoms. The Balaban J connectivity index is 0.000000340. The molecule has 0 atom stereocenters. The molecule has 0 radical (unpaired) electrons. The molecular weight excluding hydrogens is 445 g/mol. The standard InChI is InChI=1S/C16H16F3N5.C8H5NO/c1-4-15(20-3)22-9-11(2)24-14(16(17,18)19)8-13(23-24)12-6-5-7-21-10-12;9-5-7-2-1-3-8(4-7)6-10/h4-10H,1H2,2-3H3,(H,20,22);1-4,6H/b11-9+;. The number of rotatable bonds is 5. The number of hydrogen-bond donors (Lipinski definition) is 1. The van der Waals surface area contributed by atoms with E-state index >= 15 is 0 Å². The summed E-state index contributed by atoms with van der Waals surface area (Å²) in [6, 6.07) is 12.8. The van der Waals surface area contributed by atoms with E-state index in [1.54, 1.807) is 49.6 Å². The van der Waals surface area contributed by atoms with E-state index in [9.17, 15) is 18.0 Å². The van der Waals surface area contributed by atoms with Gasteiger partial charge in [-0.3, -0.25) is 14.8 Å². The van der Waals surface area contributed by atoms with Gasteiger partial charge in [-0.15, -0.1) is 0 Å². The Labute approximate surface area is 194 Å². The van der Waals surface area contributed by atoms with Crippen molar-refractivity contribution in [3.63, 3.8) is 0 Å². The average molecular weight is 466 g/mol. The maximum absolute atomic E-state index is 13.3. The summed E-state index contributed by atoms with van der Waals surface area (Å²) in [6.07, 6.45) is 2.03. The van der Waals surface area contributed by atoms with Crippen LogP contribution in [0.5, 0.6) is 0 Å². The summed E-state index contributed by atoms with van der Waals surface area (Å²) >= 11 is 0. The lowest BCUT2D eigenvalue weighted by Gasteiger charge is -2.10. The molecule has 0 saturated carbocycles. The van der Waals surface area contributed by atoms with E-state index in [1.165, 1.54) is 25.4 Å². The van der Waals surface area contributed by atoms with E-state index in [4.69, 9.17) is 5.26 Å². The van der Waals surface area contributed by atoms with Crippen LogP contribution < -0.4 is 5.32 Å². The highest BCUT2D eigenvalue weighted by atomic mass is 19.4. The number of aliphatic imine (C=N–C) groups is 1. The van der Waals surface area contributed by atoms with Crippen molar-refractivity contribution in [3.8, 4) is 17.3 Å². The number of nitriles is 1. The van der Waals surface area contributed by atoms with Crippen LogP contribution in [0.2, 0.25) is 0 Å². The minimum absolute atomic E-state index is 0.191. The lowest BCUT2D eigenvalue weighted by atomic mass is 10.2. The average Bonchev–Trinajstić information content (AvgIpc) is 3.32. The van der Waals surface area contributed by atoms with Gasteiger partial charge in [0.15, 0.2) is 0 Å². The molecule has 3 aromatic rings. The summed E-state index contributed by atoms with van der Waals surface area (Å²) in [5.41, 5.74) is 1.13. The van der Waals surface area contributed by atoms with E-state index in [0.29, 0.717) is 22.5 Å². The number of benzene rings is 1. The predicted octanol–water partition coefficient (Wildman–Crippen LogP) is 4.96. The molecule has 3 rings (SSSR count). The monoisotopic (exact) mass is 466 g/mol. The normalized spacial score (nSPS) is 11.6. The van der Waals surface area contributed by atoms with E-state index in [1.807, 2.05) is 6.07 Å². The SMILES string of the molecule is C=CC(=NC)N/C=C(\C)n1nc(-c2cccnc2)cc1C(F)(F)F.N#Cc1cccc(C=O)c1. The Morgan fingerprint density at radius 2 is 2.03 bits per heavy atom. The predicted molar refractivity (Wildman–Crippen MR) is 124 cm³/mol. The van der Waals surface area contributed by atoms with Gasteiger partial charge in [0.1, 0.15) is 17.8 Å². The number of carbonyl (C=O) groups excluding carboxylic acids is 1. The molecule has 2 aromatic heterocycles. The first kappa shape index (κ1) is 25.7. The third-order valence-corrected chi connectivity index (χ3v) is 4.31. The van der Waals surface area contributed by atoms with E-state index in [2.05, 4.69) is 27.0 Å². The first-order valence-electron chi connectivity index (χ1n) is 9.79. The maximum Gasteiger partial charge on any atom is 0.433 e. The van der Waals surface area contributed by atoms with Crippen molar-refractivity contribution in [3.05, 3.63) is 90.5 Å². The van der Waals surface area contributed by atoms with Gasteiger partial charge in [0.2, 0.25) is 0 Å². The van der Waals surface area contributed by atoms with Crippen molar-refractivity contribution in [2.75, 3.05) is 7.05 Å². The molecular formula is C24H21F3N6O. The molecule has 174 valence electrons. The highest BCUT2D eigenvalue weighted by Gasteiger charge is 2.36. The fourth-order valence-electron chi connectivity index (χ4n) is 2.64. The number of carbonyl (C=O) groups is 1. The van der Waals surface area contributed by atoms with Crippen molar-refractivity contribution < 1.29 is 18.0 Å². The molecule has 0 bridgehead atoms. The molecule has 0 aliphatic heterocycles. The van der Waals surface area contributed by atoms with Crippen LogP contribution in [0.1, 0.15) is 28.5 Å². The van der Waals surface area contributed by atoms with Gasteiger partial charge in [-0.1, -0.05) is 18.7 Å². The summed E-state index contributed by atoms with van der Waals surface area (Å²) in [5.74, 6) is 0.433. The number of alkyl halides is 3. The molecule has 0 amide bonds. The number of pyridine rings is 1. The number of aromatic nitrogens is 3. The quantitative estimate of drug-likeness (QED) is 0.326. The summed E-state index contributed by atoms with van der Waals surface area (Å²) in [4.78, 5) is 17.9. The van der Waals surface area contributed by atoms with Crippen molar-refractivity contribution in [2.45, 2.75) is 13.1 Å². The first-order chi connectivity index (χ1) is 16.2. The molecule has 0 saturated heterocycles. The lowest BCUT2D eigenvalue weighted by Crippen LogP contribution is -2.18. The van der Waals surface area contributed by atoms with Gasteiger partial charge in [-0.25, -0.2) is 4.68 Å². The highest BCUT2D eigenvalue weighted by Crippen LogP contribution is 2.33. The minimum Gasteiger partial charge on any atom is -0.345 e. The zero-order valence-electron chi connectivity index (χ0n) is 18.4. The summed E-state index contributed by atoms with van der Waals surface area (Å²) in [7, 11) is 1.54. The van der Waals surface area contributed by atoms with Crippen molar-refractivity contribution in [2.24, 2.45) is 4.99 Å². The van der Waals surface area contributed by atoms with E-state index < -0.39 is 11.9 Å². The number of halogens is 3. The van der Waals surface area contributed by atoms with E-state index in [-0.39, 0.29) is 11.4 Å². The Morgan fingerprint density at radius 1 is 1.26 bits per heavy atom. The Hall–Kier alpha value is -4.52. The van der Waals surface area contributed by atoms with Crippen molar-refractivity contribution >= 4 is 17.8 Å². The number of nitrogens with zero attached hydrogens (tertiary/aromatic N) is 5. The highest BCUT2D eigenvalue weighted by molar-refractivity contribution is 5.93. The molecule has 0 aliphatic rings. The fraction of sp³-hybridized carbons (Fsp3) is 0.125. The zero-order chi connectivity index (χ0) is 25.1. The third kappa shape index (κ3) is 7.00. The summed E-state index contributed by atoms with van der Waals surface area (Å²) < 4.78 is 40.8. The largest absolute Gasteiger partial charge is 0.433 e.